The van der Waals surface area contributed by atoms with Gasteiger partial charge in [-0.2, -0.15) is 0 Å². The number of amides is 1. The maximum absolute atomic E-state index is 12.6. The quantitative estimate of drug-likeness (QED) is 0.849. The van der Waals surface area contributed by atoms with Crippen LogP contribution in [0.1, 0.15) is 53.9 Å². The first-order valence-electron chi connectivity index (χ1n) is 8.21. The molecule has 1 spiro atoms. The predicted octanol–water partition coefficient (Wildman–Crippen LogP) is 3.30. The summed E-state index contributed by atoms with van der Waals surface area (Å²) in [4.78, 5) is 19.7. The number of thiazole rings is 1. The van der Waals surface area contributed by atoms with Gasteiger partial charge in [0.05, 0.1) is 6.20 Å². The second-order valence-electron chi connectivity index (χ2n) is 6.38. The number of aromatic nitrogens is 1. The van der Waals surface area contributed by atoms with Crippen LogP contribution in [0.4, 0.5) is 0 Å². The SMILES string of the molecule is CCOC(C)c1ncc(C(=O)N2CCC3(CCNC3)CC2)s1.Cl.Cl. The van der Waals surface area contributed by atoms with Crippen LogP contribution in [0, 0.1) is 5.41 Å². The van der Waals surface area contributed by atoms with Crippen LogP contribution < -0.4 is 5.32 Å². The van der Waals surface area contributed by atoms with Crippen LogP contribution >= 0.6 is 36.2 Å². The van der Waals surface area contributed by atoms with Crippen molar-refractivity contribution in [2.45, 2.75) is 39.2 Å². The number of piperidine rings is 1. The highest BCUT2D eigenvalue weighted by Gasteiger charge is 2.38. The molecule has 138 valence electrons. The molecule has 0 saturated carbocycles. The highest BCUT2D eigenvalue weighted by Crippen LogP contribution is 2.37. The average molecular weight is 396 g/mol. The fourth-order valence-corrected chi connectivity index (χ4v) is 4.34. The summed E-state index contributed by atoms with van der Waals surface area (Å²) in [7, 11) is 0. The van der Waals surface area contributed by atoms with Crippen molar-refractivity contribution in [1.82, 2.24) is 15.2 Å². The van der Waals surface area contributed by atoms with Gasteiger partial charge in [0.15, 0.2) is 0 Å². The molecule has 1 aromatic heterocycles. The third kappa shape index (κ3) is 4.61. The molecule has 2 fully saturated rings. The molecule has 2 aliphatic rings. The van der Waals surface area contributed by atoms with E-state index in [9.17, 15) is 4.79 Å². The first kappa shape index (κ1) is 21.6. The van der Waals surface area contributed by atoms with E-state index in [0.29, 0.717) is 12.0 Å². The monoisotopic (exact) mass is 395 g/mol. The summed E-state index contributed by atoms with van der Waals surface area (Å²) in [6.07, 6.45) is 5.16. The maximum atomic E-state index is 12.6. The van der Waals surface area contributed by atoms with Crippen LogP contribution in [-0.2, 0) is 4.74 Å². The Morgan fingerprint density at radius 3 is 2.71 bits per heavy atom. The number of likely N-dealkylation sites (tertiary alicyclic amines) is 1. The molecule has 0 radical (unpaired) electrons. The lowest BCUT2D eigenvalue weighted by Crippen LogP contribution is -2.43. The minimum atomic E-state index is -0.0364. The molecule has 1 unspecified atom stereocenters. The Labute approximate surface area is 160 Å². The van der Waals surface area contributed by atoms with Crippen molar-refractivity contribution in [3.8, 4) is 0 Å². The lowest BCUT2D eigenvalue weighted by atomic mass is 9.78. The number of rotatable bonds is 4. The van der Waals surface area contributed by atoms with E-state index in [-0.39, 0.29) is 36.8 Å². The summed E-state index contributed by atoms with van der Waals surface area (Å²) in [5.41, 5.74) is 0.444. The number of hydrogen-bond acceptors (Lipinski definition) is 5. The number of nitrogens with zero attached hydrogens (tertiary/aromatic N) is 2. The molecule has 0 bridgehead atoms. The molecule has 3 rings (SSSR count). The number of halogens is 2. The molecule has 3 heterocycles. The normalized spacial score (nSPS) is 20.3. The highest BCUT2D eigenvalue weighted by atomic mass is 35.5. The van der Waals surface area contributed by atoms with E-state index in [1.165, 1.54) is 17.8 Å². The van der Waals surface area contributed by atoms with Crippen LogP contribution in [-0.4, -0.2) is 48.6 Å². The van der Waals surface area contributed by atoms with Crippen LogP contribution in [0.5, 0.6) is 0 Å². The van der Waals surface area contributed by atoms with Gasteiger partial charge < -0.3 is 15.0 Å². The smallest absolute Gasteiger partial charge is 0.265 e. The Hall–Kier alpha value is -0.400. The molecule has 2 aliphatic heterocycles. The summed E-state index contributed by atoms with van der Waals surface area (Å²) >= 11 is 1.47. The fourth-order valence-electron chi connectivity index (χ4n) is 3.46. The zero-order valence-electron chi connectivity index (χ0n) is 14.2. The topological polar surface area (TPSA) is 54.5 Å². The van der Waals surface area contributed by atoms with Gasteiger partial charge in [-0.15, -0.1) is 36.2 Å². The van der Waals surface area contributed by atoms with E-state index in [1.807, 2.05) is 18.7 Å². The third-order valence-corrected chi connectivity index (χ3v) is 6.09. The van der Waals surface area contributed by atoms with Gasteiger partial charge in [0.1, 0.15) is 16.0 Å². The molecule has 5 nitrogen and oxygen atoms in total. The maximum Gasteiger partial charge on any atom is 0.265 e. The predicted molar refractivity (Wildman–Crippen MR) is 102 cm³/mol. The highest BCUT2D eigenvalue weighted by molar-refractivity contribution is 7.13. The molecule has 1 N–H and O–H groups in total. The molecule has 2 saturated heterocycles. The second-order valence-corrected chi connectivity index (χ2v) is 7.44. The van der Waals surface area contributed by atoms with Gasteiger partial charge in [-0.3, -0.25) is 4.79 Å². The van der Waals surface area contributed by atoms with E-state index >= 15 is 0 Å². The van der Waals surface area contributed by atoms with Crippen molar-refractivity contribution in [3.05, 3.63) is 16.1 Å². The Kier molecular flexibility index (Phi) is 8.42. The first-order valence-corrected chi connectivity index (χ1v) is 9.02. The fraction of sp³-hybridized carbons (Fsp3) is 0.750. The van der Waals surface area contributed by atoms with E-state index < -0.39 is 0 Å². The van der Waals surface area contributed by atoms with Gasteiger partial charge in [0.25, 0.3) is 5.91 Å². The lowest BCUT2D eigenvalue weighted by molar-refractivity contribution is 0.0612. The summed E-state index contributed by atoms with van der Waals surface area (Å²) in [5, 5.41) is 4.35. The molecule has 0 aliphatic carbocycles. The molecule has 8 heteroatoms. The minimum Gasteiger partial charge on any atom is -0.372 e. The Morgan fingerprint density at radius 1 is 1.42 bits per heavy atom. The number of nitrogens with one attached hydrogen (secondary N) is 1. The summed E-state index contributed by atoms with van der Waals surface area (Å²) in [6.45, 7) is 8.59. The van der Waals surface area contributed by atoms with Crippen molar-refractivity contribution < 1.29 is 9.53 Å². The largest absolute Gasteiger partial charge is 0.372 e. The molecule has 0 aromatic carbocycles. The van der Waals surface area contributed by atoms with E-state index in [0.717, 1.165) is 48.9 Å². The van der Waals surface area contributed by atoms with Gasteiger partial charge in [0, 0.05) is 26.2 Å². The van der Waals surface area contributed by atoms with Crippen LogP contribution in [0.2, 0.25) is 0 Å². The first-order chi connectivity index (χ1) is 10.6. The zero-order chi connectivity index (χ0) is 15.6. The third-order valence-electron chi connectivity index (χ3n) is 4.94. The number of carbonyl (C=O) groups is 1. The van der Waals surface area contributed by atoms with Gasteiger partial charge in [-0.05, 0) is 45.1 Å². The zero-order valence-corrected chi connectivity index (χ0v) is 16.7. The summed E-state index contributed by atoms with van der Waals surface area (Å²) < 4.78 is 5.55. The Bertz CT molecular complexity index is 525. The van der Waals surface area contributed by atoms with Gasteiger partial charge in [0.2, 0.25) is 0 Å². The average Bonchev–Trinajstić information content (AvgIpc) is 3.18. The molecule has 1 amide bonds. The Morgan fingerprint density at radius 2 is 2.12 bits per heavy atom. The van der Waals surface area contributed by atoms with Crippen LogP contribution in [0.25, 0.3) is 0 Å². The van der Waals surface area contributed by atoms with E-state index in [1.54, 1.807) is 6.20 Å². The standard InChI is InChI=1S/C16H25N3O2S.2ClH/c1-3-21-12(2)14-18-10-13(22-14)15(20)19-8-5-16(6-9-19)4-7-17-11-16;;/h10,12,17H,3-9,11H2,1-2H3;2*1H. The lowest BCUT2D eigenvalue weighted by Gasteiger charge is -2.38. The summed E-state index contributed by atoms with van der Waals surface area (Å²) in [6, 6.07) is 0. The van der Waals surface area contributed by atoms with Crippen molar-refractivity contribution in [1.29, 1.82) is 0 Å². The van der Waals surface area contributed by atoms with Crippen LogP contribution in [0.3, 0.4) is 0 Å². The number of hydrogen-bond donors (Lipinski definition) is 1. The van der Waals surface area contributed by atoms with E-state index in [2.05, 4.69) is 10.3 Å². The van der Waals surface area contributed by atoms with Crippen molar-refractivity contribution >= 4 is 42.1 Å². The van der Waals surface area contributed by atoms with Crippen molar-refractivity contribution in [2.24, 2.45) is 5.41 Å². The van der Waals surface area contributed by atoms with Gasteiger partial charge in [-0.1, -0.05) is 0 Å². The van der Waals surface area contributed by atoms with E-state index in [4.69, 9.17) is 4.74 Å². The number of ether oxygens (including phenoxy) is 1. The number of carbonyl (C=O) groups excluding carboxylic acids is 1. The molecular formula is C16H27Cl2N3O2S. The van der Waals surface area contributed by atoms with Gasteiger partial charge >= 0.3 is 0 Å². The molecular weight excluding hydrogens is 369 g/mol. The van der Waals surface area contributed by atoms with Crippen molar-refractivity contribution in [3.63, 3.8) is 0 Å². The van der Waals surface area contributed by atoms with Gasteiger partial charge in [-0.25, -0.2) is 4.98 Å². The molecule has 24 heavy (non-hydrogen) atoms. The minimum absolute atomic E-state index is 0. The second kappa shape index (κ2) is 9.34. The Balaban J connectivity index is 0.00000144. The molecule has 1 atom stereocenters. The van der Waals surface area contributed by atoms with Crippen molar-refractivity contribution in [2.75, 3.05) is 32.8 Å². The summed E-state index contributed by atoms with van der Waals surface area (Å²) in [5.74, 6) is 0.133. The van der Waals surface area contributed by atoms with Crippen LogP contribution in [0.15, 0.2) is 6.20 Å². The molecule has 1 aromatic rings.